The molecule has 1 N–H and O–H groups in total. The van der Waals surface area contributed by atoms with E-state index in [-0.39, 0.29) is 6.10 Å². The Balaban J connectivity index is 2.32. The van der Waals surface area contributed by atoms with Gasteiger partial charge in [-0.25, -0.2) is 0 Å². The molecule has 0 bridgehead atoms. The van der Waals surface area contributed by atoms with Gasteiger partial charge in [0.2, 0.25) is 0 Å². The van der Waals surface area contributed by atoms with Crippen molar-refractivity contribution in [3.05, 3.63) is 0 Å². The summed E-state index contributed by atoms with van der Waals surface area (Å²) in [6.07, 6.45) is 3.78. The molecular formula is C9H19NO. The highest BCUT2D eigenvalue weighted by atomic mass is 16.3. The lowest BCUT2D eigenvalue weighted by molar-refractivity contribution is 0.0591. The van der Waals surface area contributed by atoms with Crippen molar-refractivity contribution in [1.29, 1.82) is 0 Å². The zero-order chi connectivity index (χ0) is 8.27. The number of aliphatic hydroxyl groups is 1. The largest absolute Gasteiger partial charge is 0.392 e. The van der Waals surface area contributed by atoms with Gasteiger partial charge >= 0.3 is 0 Å². The first kappa shape index (κ1) is 9.01. The normalized spacial score (nSPS) is 26.5. The van der Waals surface area contributed by atoms with Crippen molar-refractivity contribution in [3.8, 4) is 0 Å². The van der Waals surface area contributed by atoms with Crippen LogP contribution in [0.3, 0.4) is 0 Å². The van der Waals surface area contributed by atoms with Gasteiger partial charge in [0, 0.05) is 6.04 Å². The van der Waals surface area contributed by atoms with Crippen LogP contribution in [0.1, 0.15) is 33.1 Å². The van der Waals surface area contributed by atoms with Gasteiger partial charge < -0.3 is 5.11 Å². The van der Waals surface area contributed by atoms with E-state index in [1.54, 1.807) is 0 Å². The molecule has 1 heterocycles. The molecule has 11 heavy (non-hydrogen) atoms. The van der Waals surface area contributed by atoms with E-state index in [4.69, 9.17) is 0 Å². The SMILES string of the molecule is C[C@@H](O)[C@H](C)N1CCCCC1. The van der Waals surface area contributed by atoms with Gasteiger partial charge in [0.15, 0.2) is 0 Å². The number of hydrogen-bond donors (Lipinski definition) is 1. The summed E-state index contributed by atoms with van der Waals surface area (Å²) < 4.78 is 0. The van der Waals surface area contributed by atoms with Crippen LogP contribution < -0.4 is 0 Å². The van der Waals surface area contributed by atoms with Crippen LogP contribution in [0.4, 0.5) is 0 Å². The van der Waals surface area contributed by atoms with E-state index in [2.05, 4.69) is 11.8 Å². The number of likely N-dealkylation sites (tertiary alicyclic amines) is 1. The summed E-state index contributed by atoms with van der Waals surface area (Å²) in [6, 6.07) is 0.343. The smallest absolute Gasteiger partial charge is 0.0664 e. The number of aliphatic hydroxyl groups excluding tert-OH is 1. The summed E-state index contributed by atoms with van der Waals surface area (Å²) in [7, 11) is 0. The van der Waals surface area contributed by atoms with Crippen molar-refractivity contribution in [2.45, 2.75) is 45.3 Å². The highest BCUT2D eigenvalue weighted by molar-refractivity contribution is 4.74. The molecule has 1 saturated heterocycles. The van der Waals surface area contributed by atoms with E-state index < -0.39 is 0 Å². The van der Waals surface area contributed by atoms with Crippen LogP contribution >= 0.6 is 0 Å². The molecule has 2 atom stereocenters. The Morgan fingerprint density at radius 1 is 1.09 bits per heavy atom. The van der Waals surface area contributed by atoms with Crippen LogP contribution in [0.25, 0.3) is 0 Å². The highest BCUT2D eigenvalue weighted by Gasteiger charge is 2.19. The average molecular weight is 157 g/mol. The predicted octanol–water partition coefficient (Wildman–Crippen LogP) is 1.24. The average Bonchev–Trinajstić information content (AvgIpc) is 2.05. The van der Waals surface area contributed by atoms with Gasteiger partial charge in [-0.05, 0) is 39.8 Å². The molecule has 0 aliphatic carbocycles. The van der Waals surface area contributed by atoms with E-state index in [9.17, 15) is 5.11 Å². The number of nitrogens with zero attached hydrogens (tertiary/aromatic N) is 1. The van der Waals surface area contributed by atoms with Gasteiger partial charge in [-0.15, -0.1) is 0 Å². The molecule has 1 aliphatic rings. The monoisotopic (exact) mass is 157 g/mol. The molecule has 0 saturated carbocycles. The molecule has 0 amide bonds. The van der Waals surface area contributed by atoms with Crippen molar-refractivity contribution in [2.24, 2.45) is 0 Å². The van der Waals surface area contributed by atoms with Gasteiger partial charge in [0.25, 0.3) is 0 Å². The summed E-state index contributed by atoms with van der Waals surface area (Å²) in [5.41, 5.74) is 0. The Hall–Kier alpha value is -0.0800. The van der Waals surface area contributed by atoms with E-state index >= 15 is 0 Å². The summed E-state index contributed by atoms with van der Waals surface area (Å²) in [5.74, 6) is 0. The third-order valence-corrected chi connectivity index (χ3v) is 2.66. The Bertz CT molecular complexity index is 108. The Morgan fingerprint density at radius 2 is 1.64 bits per heavy atom. The first-order valence-corrected chi connectivity index (χ1v) is 4.64. The minimum Gasteiger partial charge on any atom is -0.392 e. The van der Waals surface area contributed by atoms with E-state index in [0.29, 0.717) is 6.04 Å². The second-order valence-corrected chi connectivity index (χ2v) is 3.58. The minimum atomic E-state index is -0.187. The topological polar surface area (TPSA) is 23.5 Å². The third-order valence-electron chi connectivity index (χ3n) is 2.66. The molecule has 0 aromatic rings. The quantitative estimate of drug-likeness (QED) is 0.652. The number of rotatable bonds is 2. The van der Waals surface area contributed by atoms with Crippen LogP contribution in [0.2, 0.25) is 0 Å². The number of hydrogen-bond acceptors (Lipinski definition) is 2. The second-order valence-electron chi connectivity index (χ2n) is 3.58. The maximum Gasteiger partial charge on any atom is 0.0664 e. The lowest BCUT2D eigenvalue weighted by atomic mass is 10.1. The Labute approximate surface area is 69.2 Å². The zero-order valence-electron chi connectivity index (χ0n) is 7.58. The van der Waals surface area contributed by atoms with E-state index in [0.717, 1.165) is 0 Å². The summed E-state index contributed by atoms with van der Waals surface area (Å²) in [5, 5.41) is 9.33. The summed E-state index contributed by atoms with van der Waals surface area (Å²) >= 11 is 0. The number of piperidine rings is 1. The third kappa shape index (κ3) is 2.46. The molecule has 66 valence electrons. The first-order chi connectivity index (χ1) is 5.22. The van der Waals surface area contributed by atoms with E-state index in [1.807, 2.05) is 6.92 Å². The second kappa shape index (κ2) is 4.07. The molecule has 0 aromatic carbocycles. The maximum absolute atomic E-state index is 9.33. The lowest BCUT2D eigenvalue weighted by Crippen LogP contribution is -2.43. The fourth-order valence-electron chi connectivity index (χ4n) is 1.63. The molecule has 2 heteroatoms. The molecule has 1 aliphatic heterocycles. The molecule has 1 fully saturated rings. The fourth-order valence-corrected chi connectivity index (χ4v) is 1.63. The predicted molar refractivity (Wildman–Crippen MR) is 46.6 cm³/mol. The summed E-state index contributed by atoms with van der Waals surface area (Å²) in [6.45, 7) is 6.33. The van der Waals surface area contributed by atoms with Crippen molar-refractivity contribution < 1.29 is 5.11 Å². The van der Waals surface area contributed by atoms with Gasteiger partial charge in [0.1, 0.15) is 0 Å². The first-order valence-electron chi connectivity index (χ1n) is 4.64. The maximum atomic E-state index is 9.33. The van der Waals surface area contributed by atoms with Crippen LogP contribution in [-0.2, 0) is 0 Å². The van der Waals surface area contributed by atoms with Crippen molar-refractivity contribution >= 4 is 0 Å². The van der Waals surface area contributed by atoms with Gasteiger partial charge in [0.05, 0.1) is 6.10 Å². The van der Waals surface area contributed by atoms with Crippen molar-refractivity contribution in [2.75, 3.05) is 13.1 Å². The van der Waals surface area contributed by atoms with Crippen LogP contribution in [-0.4, -0.2) is 35.2 Å². The molecular weight excluding hydrogens is 138 g/mol. The minimum absolute atomic E-state index is 0.187. The molecule has 0 radical (unpaired) electrons. The molecule has 0 spiro atoms. The lowest BCUT2D eigenvalue weighted by Gasteiger charge is -2.33. The highest BCUT2D eigenvalue weighted by Crippen LogP contribution is 2.13. The zero-order valence-corrected chi connectivity index (χ0v) is 7.58. The molecule has 2 nitrogen and oxygen atoms in total. The van der Waals surface area contributed by atoms with Crippen LogP contribution in [0, 0.1) is 0 Å². The van der Waals surface area contributed by atoms with E-state index in [1.165, 1.54) is 32.4 Å². The van der Waals surface area contributed by atoms with Crippen molar-refractivity contribution in [3.63, 3.8) is 0 Å². The standard InChI is InChI=1S/C9H19NO/c1-8(9(2)11)10-6-4-3-5-7-10/h8-9,11H,3-7H2,1-2H3/t8-,9+/m0/s1. The Kier molecular flexibility index (Phi) is 3.34. The van der Waals surface area contributed by atoms with Crippen LogP contribution in [0.15, 0.2) is 0 Å². The van der Waals surface area contributed by atoms with Gasteiger partial charge in [-0.3, -0.25) is 4.90 Å². The summed E-state index contributed by atoms with van der Waals surface area (Å²) in [4.78, 5) is 2.38. The van der Waals surface area contributed by atoms with Gasteiger partial charge in [-0.2, -0.15) is 0 Å². The molecule has 0 unspecified atom stereocenters. The molecule has 0 aromatic heterocycles. The van der Waals surface area contributed by atoms with Crippen molar-refractivity contribution in [1.82, 2.24) is 4.90 Å². The fraction of sp³-hybridized carbons (Fsp3) is 1.00. The van der Waals surface area contributed by atoms with Gasteiger partial charge in [-0.1, -0.05) is 6.42 Å². The van der Waals surface area contributed by atoms with Crippen LogP contribution in [0.5, 0.6) is 0 Å². The Morgan fingerprint density at radius 3 is 2.09 bits per heavy atom. The molecule has 1 rings (SSSR count).